The molecule has 0 saturated carbocycles. The number of nitrogens with one attached hydrogen (secondary N) is 2. The molecule has 0 aliphatic rings. The Bertz CT molecular complexity index is 428. The van der Waals surface area contributed by atoms with Crippen LogP contribution < -0.4 is 15.4 Å². The summed E-state index contributed by atoms with van der Waals surface area (Å²) in [6.45, 7) is 7.65. The second-order valence-electron chi connectivity index (χ2n) is 4.41. The van der Waals surface area contributed by atoms with Crippen molar-refractivity contribution in [1.82, 2.24) is 10.6 Å². The molecule has 1 aromatic carbocycles. The first-order chi connectivity index (χ1) is 10.3. The fourth-order valence-electron chi connectivity index (χ4n) is 1.93. The maximum Gasteiger partial charge on any atom is 0.191 e. The molecule has 0 aliphatic heterocycles. The molecule has 2 N–H and O–H groups in total. The zero-order valence-corrected chi connectivity index (χ0v) is 16.1. The highest BCUT2D eigenvalue weighted by atomic mass is 127. The van der Waals surface area contributed by atoms with Gasteiger partial charge in [-0.3, -0.25) is 4.99 Å². The van der Waals surface area contributed by atoms with Crippen LogP contribution in [0.15, 0.2) is 29.3 Å². The normalized spacial score (nSPS) is 10.8. The van der Waals surface area contributed by atoms with E-state index in [-0.39, 0.29) is 24.0 Å². The van der Waals surface area contributed by atoms with Crippen LogP contribution in [0.2, 0.25) is 0 Å². The second kappa shape index (κ2) is 13.6. The van der Waals surface area contributed by atoms with E-state index in [1.54, 1.807) is 7.05 Å². The first-order valence-corrected chi connectivity index (χ1v) is 7.54. The van der Waals surface area contributed by atoms with Crippen LogP contribution in [-0.2, 0) is 11.2 Å². The Kier molecular flexibility index (Phi) is 13.0. The van der Waals surface area contributed by atoms with E-state index in [0.29, 0.717) is 13.2 Å². The Labute approximate surface area is 150 Å². The lowest BCUT2D eigenvalue weighted by Crippen LogP contribution is -2.39. The van der Waals surface area contributed by atoms with Gasteiger partial charge < -0.3 is 20.1 Å². The first kappa shape index (κ1) is 21.0. The third-order valence-corrected chi connectivity index (χ3v) is 2.93. The molecule has 1 aromatic rings. The van der Waals surface area contributed by atoms with Crippen molar-refractivity contribution in [2.75, 3.05) is 40.0 Å². The van der Waals surface area contributed by atoms with E-state index in [2.05, 4.69) is 21.7 Å². The Morgan fingerprint density at radius 2 is 1.82 bits per heavy atom. The maximum absolute atomic E-state index is 5.62. The fraction of sp³-hybridized carbons (Fsp3) is 0.562. The number of hydrogen-bond acceptors (Lipinski definition) is 3. The third kappa shape index (κ3) is 8.43. The molecule has 5 nitrogen and oxygen atoms in total. The number of guanidine groups is 1. The van der Waals surface area contributed by atoms with Gasteiger partial charge in [-0.2, -0.15) is 0 Å². The molecule has 0 unspecified atom stereocenters. The molecule has 0 fully saturated rings. The fourth-order valence-corrected chi connectivity index (χ4v) is 1.93. The van der Waals surface area contributed by atoms with E-state index in [1.165, 1.54) is 5.56 Å². The van der Waals surface area contributed by atoms with Crippen molar-refractivity contribution >= 4 is 29.9 Å². The summed E-state index contributed by atoms with van der Waals surface area (Å²) in [4.78, 5) is 4.18. The van der Waals surface area contributed by atoms with Crippen molar-refractivity contribution in [2.24, 2.45) is 4.99 Å². The molecule has 0 bridgehead atoms. The van der Waals surface area contributed by atoms with Gasteiger partial charge in [-0.15, -0.1) is 24.0 Å². The average molecular weight is 421 g/mol. The summed E-state index contributed by atoms with van der Waals surface area (Å²) in [5.74, 6) is 1.75. The number of benzene rings is 1. The highest BCUT2D eigenvalue weighted by Gasteiger charge is 2.03. The minimum atomic E-state index is 0. The second-order valence-corrected chi connectivity index (χ2v) is 4.41. The number of ether oxygens (including phenoxy) is 2. The lowest BCUT2D eigenvalue weighted by atomic mass is 10.1. The van der Waals surface area contributed by atoms with Crippen LogP contribution in [0.3, 0.4) is 0 Å². The number of para-hydroxylation sites is 1. The van der Waals surface area contributed by atoms with E-state index in [0.717, 1.165) is 37.8 Å². The molecule has 0 atom stereocenters. The van der Waals surface area contributed by atoms with Crippen molar-refractivity contribution in [3.05, 3.63) is 29.8 Å². The van der Waals surface area contributed by atoms with Gasteiger partial charge in [-0.1, -0.05) is 18.2 Å². The molecule has 0 radical (unpaired) electrons. The lowest BCUT2D eigenvalue weighted by Gasteiger charge is -2.13. The molecule has 22 heavy (non-hydrogen) atoms. The molecule has 0 amide bonds. The number of nitrogens with zero attached hydrogens (tertiary/aromatic N) is 1. The minimum Gasteiger partial charge on any atom is -0.494 e. The van der Waals surface area contributed by atoms with Gasteiger partial charge >= 0.3 is 0 Å². The van der Waals surface area contributed by atoms with Crippen LogP contribution in [-0.4, -0.2) is 45.9 Å². The Balaban J connectivity index is 0.00000441. The third-order valence-electron chi connectivity index (χ3n) is 2.93. The molecule has 6 heteroatoms. The molecular weight excluding hydrogens is 393 g/mol. The van der Waals surface area contributed by atoms with Gasteiger partial charge in [0.2, 0.25) is 0 Å². The largest absolute Gasteiger partial charge is 0.494 e. The topological polar surface area (TPSA) is 54.9 Å². The van der Waals surface area contributed by atoms with Crippen LogP contribution >= 0.6 is 24.0 Å². The summed E-state index contributed by atoms with van der Waals surface area (Å²) in [7, 11) is 1.77. The van der Waals surface area contributed by atoms with Crippen molar-refractivity contribution in [3.63, 3.8) is 0 Å². The van der Waals surface area contributed by atoms with E-state index in [1.807, 2.05) is 32.0 Å². The van der Waals surface area contributed by atoms with Gasteiger partial charge in [-0.05, 0) is 31.9 Å². The van der Waals surface area contributed by atoms with Gasteiger partial charge in [0.05, 0.1) is 13.2 Å². The standard InChI is InChI=1S/C16H27N3O2.HI/c1-4-20-13-12-19-16(17-3)18-11-10-14-8-6-7-9-15(14)21-5-2;/h6-9H,4-5,10-13H2,1-3H3,(H2,17,18,19);1H. The summed E-state index contributed by atoms with van der Waals surface area (Å²) >= 11 is 0. The molecule has 0 saturated heterocycles. The Morgan fingerprint density at radius 1 is 1.09 bits per heavy atom. The van der Waals surface area contributed by atoms with E-state index in [4.69, 9.17) is 9.47 Å². The van der Waals surface area contributed by atoms with Gasteiger partial charge in [0.15, 0.2) is 5.96 Å². The predicted octanol–water partition coefficient (Wildman–Crippen LogP) is 2.45. The number of rotatable bonds is 9. The Hall–Kier alpha value is -1.02. The summed E-state index contributed by atoms with van der Waals surface area (Å²) in [6.07, 6.45) is 0.891. The molecule has 0 heterocycles. The van der Waals surface area contributed by atoms with Crippen LogP contribution in [0.1, 0.15) is 19.4 Å². The summed E-state index contributed by atoms with van der Waals surface area (Å²) < 4.78 is 10.9. The monoisotopic (exact) mass is 421 g/mol. The Morgan fingerprint density at radius 3 is 2.50 bits per heavy atom. The van der Waals surface area contributed by atoms with Crippen molar-refractivity contribution in [3.8, 4) is 5.75 Å². The van der Waals surface area contributed by atoms with E-state index < -0.39 is 0 Å². The molecule has 126 valence electrons. The van der Waals surface area contributed by atoms with Gasteiger partial charge in [-0.25, -0.2) is 0 Å². The lowest BCUT2D eigenvalue weighted by molar-refractivity contribution is 0.152. The van der Waals surface area contributed by atoms with Crippen LogP contribution in [0.4, 0.5) is 0 Å². The maximum atomic E-state index is 5.62. The quantitative estimate of drug-likeness (QED) is 0.279. The van der Waals surface area contributed by atoms with E-state index >= 15 is 0 Å². The van der Waals surface area contributed by atoms with Crippen molar-refractivity contribution in [2.45, 2.75) is 20.3 Å². The highest BCUT2D eigenvalue weighted by Crippen LogP contribution is 2.17. The molecule has 0 spiro atoms. The first-order valence-electron chi connectivity index (χ1n) is 7.54. The zero-order valence-electron chi connectivity index (χ0n) is 13.7. The highest BCUT2D eigenvalue weighted by molar-refractivity contribution is 14.0. The number of halogens is 1. The smallest absolute Gasteiger partial charge is 0.191 e. The molecule has 1 rings (SSSR count). The summed E-state index contributed by atoms with van der Waals surface area (Å²) in [6, 6.07) is 8.13. The van der Waals surface area contributed by atoms with Gasteiger partial charge in [0.1, 0.15) is 5.75 Å². The minimum absolute atomic E-state index is 0. The average Bonchev–Trinajstić information content (AvgIpc) is 2.51. The van der Waals surface area contributed by atoms with E-state index in [9.17, 15) is 0 Å². The van der Waals surface area contributed by atoms with Crippen LogP contribution in [0, 0.1) is 0 Å². The summed E-state index contributed by atoms with van der Waals surface area (Å²) in [5, 5.41) is 6.50. The number of hydrogen-bond donors (Lipinski definition) is 2. The van der Waals surface area contributed by atoms with Crippen LogP contribution in [0.25, 0.3) is 0 Å². The van der Waals surface area contributed by atoms with Gasteiger partial charge in [0, 0.05) is 26.7 Å². The number of aliphatic imine (C=N–C) groups is 1. The predicted molar refractivity (Wildman–Crippen MR) is 103 cm³/mol. The van der Waals surface area contributed by atoms with Crippen molar-refractivity contribution < 1.29 is 9.47 Å². The summed E-state index contributed by atoms with van der Waals surface area (Å²) in [5.41, 5.74) is 1.21. The van der Waals surface area contributed by atoms with Crippen LogP contribution in [0.5, 0.6) is 5.75 Å². The zero-order chi connectivity index (χ0) is 15.3. The molecule has 0 aromatic heterocycles. The van der Waals surface area contributed by atoms with Gasteiger partial charge in [0.25, 0.3) is 0 Å². The molecular formula is C16H28IN3O2. The SMILES string of the molecule is CCOCCNC(=NC)NCCc1ccccc1OCC.I. The molecule has 0 aliphatic carbocycles. The van der Waals surface area contributed by atoms with Crippen molar-refractivity contribution in [1.29, 1.82) is 0 Å².